The predicted molar refractivity (Wildman–Crippen MR) is 101 cm³/mol. The van der Waals surface area contributed by atoms with Gasteiger partial charge in [0, 0.05) is 45.8 Å². The molecule has 5 nitrogen and oxygen atoms in total. The molecule has 0 aromatic heterocycles. The van der Waals surface area contributed by atoms with E-state index in [4.69, 9.17) is 10.00 Å². The lowest BCUT2D eigenvalue weighted by atomic mass is 10.1. The van der Waals surface area contributed by atoms with Crippen molar-refractivity contribution in [2.75, 3.05) is 27.2 Å². The van der Waals surface area contributed by atoms with E-state index in [-0.39, 0.29) is 5.91 Å². The maximum absolute atomic E-state index is 12.7. The molecule has 1 aromatic carbocycles. The van der Waals surface area contributed by atoms with Gasteiger partial charge in [0.05, 0.1) is 17.7 Å². The highest BCUT2D eigenvalue weighted by atomic mass is 16.5. The molecule has 0 N–H and O–H groups in total. The van der Waals surface area contributed by atoms with E-state index in [9.17, 15) is 4.79 Å². The van der Waals surface area contributed by atoms with Crippen LogP contribution < -0.4 is 0 Å². The Hall–Kier alpha value is -1.90. The molecule has 1 unspecified atom stereocenters. The molecular formula is C21H29N3O2. The maximum atomic E-state index is 12.7. The Bertz CT molecular complexity index is 652. The Morgan fingerprint density at radius 2 is 2.08 bits per heavy atom. The number of aryl methyl sites for hydroxylation is 1. The number of methoxy groups -OCH3 is 1. The van der Waals surface area contributed by atoms with E-state index in [1.165, 1.54) is 12.8 Å². The number of amides is 1. The van der Waals surface area contributed by atoms with Crippen LogP contribution in [-0.2, 0) is 16.0 Å². The van der Waals surface area contributed by atoms with Gasteiger partial charge in [-0.1, -0.05) is 12.1 Å². The SMILES string of the molecule is COC1CCN([C@H]2CCC[C@H]2N(C)C(=O)CCc2ccc(C#N)cc2)C1. The van der Waals surface area contributed by atoms with Crippen LogP contribution in [0.4, 0.5) is 0 Å². The molecule has 2 aliphatic rings. The molecule has 0 radical (unpaired) electrons. The molecule has 1 aliphatic heterocycles. The molecular weight excluding hydrogens is 326 g/mol. The quantitative estimate of drug-likeness (QED) is 0.787. The third-order valence-electron chi connectivity index (χ3n) is 6.02. The van der Waals surface area contributed by atoms with Crippen LogP contribution in [0.2, 0.25) is 0 Å². The fourth-order valence-electron chi connectivity index (χ4n) is 4.40. The van der Waals surface area contributed by atoms with E-state index in [1.54, 1.807) is 7.11 Å². The number of nitriles is 1. The van der Waals surface area contributed by atoms with Crippen molar-refractivity contribution in [3.63, 3.8) is 0 Å². The first-order valence-corrected chi connectivity index (χ1v) is 9.64. The zero-order valence-electron chi connectivity index (χ0n) is 15.9. The lowest BCUT2D eigenvalue weighted by Gasteiger charge is -2.35. The molecule has 3 atom stereocenters. The first-order chi connectivity index (χ1) is 12.6. The zero-order chi connectivity index (χ0) is 18.5. The molecule has 140 valence electrons. The average Bonchev–Trinajstić information content (AvgIpc) is 3.34. The lowest BCUT2D eigenvalue weighted by Crippen LogP contribution is -2.49. The monoisotopic (exact) mass is 355 g/mol. The first-order valence-electron chi connectivity index (χ1n) is 9.64. The maximum Gasteiger partial charge on any atom is 0.222 e. The van der Waals surface area contributed by atoms with E-state index in [1.807, 2.05) is 36.2 Å². The van der Waals surface area contributed by atoms with Crippen molar-refractivity contribution in [3.8, 4) is 6.07 Å². The number of ether oxygens (including phenoxy) is 1. The third kappa shape index (κ3) is 4.25. The summed E-state index contributed by atoms with van der Waals surface area (Å²) in [6, 6.07) is 10.4. The molecule has 0 spiro atoms. The number of benzene rings is 1. The van der Waals surface area contributed by atoms with Crippen LogP contribution in [0.1, 0.15) is 43.2 Å². The summed E-state index contributed by atoms with van der Waals surface area (Å²) < 4.78 is 5.51. The van der Waals surface area contributed by atoms with Gasteiger partial charge in [-0.25, -0.2) is 0 Å². The molecule has 1 aliphatic carbocycles. The van der Waals surface area contributed by atoms with Gasteiger partial charge >= 0.3 is 0 Å². The molecule has 2 fully saturated rings. The van der Waals surface area contributed by atoms with Crippen LogP contribution in [0.3, 0.4) is 0 Å². The molecule has 3 rings (SSSR count). The minimum Gasteiger partial charge on any atom is -0.380 e. The van der Waals surface area contributed by atoms with Crippen LogP contribution in [0, 0.1) is 11.3 Å². The fourth-order valence-corrected chi connectivity index (χ4v) is 4.40. The highest BCUT2D eigenvalue weighted by Gasteiger charge is 2.39. The van der Waals surface area contributed by atoms with Gasteiger partial charge in [0.1, 0.15) is 0 Å². The second kappa shape index (κ2) is 8.66. The van der Waals surface area contributed by atoms with Crippen molar-refractivity contribution in [2.24, 2.45) is 0 Å². The number of carbonyl (C=O) groups excluding carboxylic acids is 1. The highest BCUT2D eigenvalue weighted by Crippen LogP contribution is 2.31. The van der Waals surface area contributed by atoms with Crippen LogP contribution in [0.25, 0.3) is 0 Å². The Morgan fingerprint density at radius 1 is 1.31 bits per heavy atom. The second-order valence-corrected chi connectivity index (χ2v) is 7.52. The van der Waals surface area contributed by atoms with Gasteiger partial charge in [0.25, 0.3) is 0 Å². The smallest absolute Gasteiger partial charge is 0.222 e. The van der Waals surface area contributed by atoms with Crippen molar-refractivity contribution in [1.82, 2.24) is 9.80 Å². The fraction of sp³-hybridized carbons (Fsp3) is 0.619. The van der Waals surface area contributed by atoms with E-state index < -0.39 is 0 Å². The number of hydrogen-bond donors (Lipinski definition) is 0. The molecule has 1 amide bonds. The van der Waals surface area contributed by atoms with E-state index in [2.05, 4.69) is 11.0 Å². The summed E-state index contributed by atoms with van der Waals surface area (Å²) in [5.41, 5.74) is 1.77. The van der Waals surface area contributed by atoms with Gasteiger partial charge in [-0.2, -0.15) is 5.26 Å². The Morgan fingerprint density at radius 3 is 2.73 bits per heavy atom. The lowest BCUT2D eigenvalue weighted by molar-refractivity contribution is -0.132. The average molecular weight is 355 g/mol. The molecule has 1 aromatic rings. The highest BCUT2D eigenvalue weighted by molar-refractivity contribution is 5.76. The summed E-state index contributed by atoms with van der Waals surface area (Å²) in [5.74, 6) is 0.216. The summed E-state index contributed by atoms with van der Waals surface area (Å²) in [5, 5.41) is 8.86. The Balaban J connectivity index is 1.54. The van der Waals surface area contributed by atoms with Gasteiger partial charge in [-0.05, 0) is 49.8 Å². The molecule has 0 bridgehead atoms. The summed E-state index contributed by atoms with van der Waals surface area (Å²) in [6.07, 6.45) is 6.14. The zero-order valence-corrected chi connectivity index (χ0v) is 15.9. The van der Waals surface area contributed by atoms with Gasteiger partial charge < -0.3 is 9.64 Å². The number of likely N-dealkylation sites (tertiary alicyclic amines) is 1. The molecule has 1 saturated carbocycles. The standard InChI is InChI=1S/C21H29N3O2/c1-23(21(25)11-10-16-6-8-17(14-22)9-7-16)19-4-3-5-20(19)24-13-12-18(15-24)26-2/h6-9,18-20H,3-5,10-13,15H2,1-2H3/t18?,19-,20+/m1/s1. The minimum absolute atomic E-state index is 0.216. The molecule has 26 heavy (non-hydrogen) atoms. The van der Waals surface area contributed by atoms with E-state index in [0.717, 1.165) is 37.9 Å². The van der Waals surface area contributed by atoms with E-state index >= 15 is 0 Å². The van der Waals surface area contributed by atoms with Crippen LogP contribution >= 0.6 is 0 Å². The number of likely N-dealkylation sites (N-methyl/N-ethyl adjacent to an activating group) is 1. The molecule has 5 heteroatoms. The number of carbonyl (C=O) groups is 1. The second-order valence-electron chi connectivity index (χ2n) is 7.52. The van der Waals surface area contributed by atoms with Gasteiger partial charge in [-0.15, -0.1) is 0 Å². The first kappa shape index (κ1) is 18.9. The van der Waals surface area contributed by atoms with Gasteiger partial charge in [0.15, 0.2) is 0 Å². The number of hydrogen-bond acceptors (Lipinski definition) is 4. The van der Waals surface area contributed by atoms with Crippen molar-refractivity contribution in [3.05, 3.63) is 35.4 Å². The third-order valence-corrected chi connectivity index (χ3v) is 6.02. The molecule has 1 heterocycles. The summed E-state index contributed by atoms with van der Waals surface area (Å²) in [4.78, 5) is 17.2. The van der Waals surface area contributed by atoms with Crippen molar-refractivity contribution < 1.29 is 9.53 Å². The van der Waals surface area contributed by atoms with Crippen LogP contribution in [0.15, 0.2) is 24.3 Å². The number of nitrogens with zero attached hydrogens (tertiary/aromatic N) is 3. The van der Waals surface area contributed by atoms with Gasteiger partial charge in [-0.3, -0.25) is 9.69 Å². The number of rotatable bonds is 6. The summed E-state index contributed by atoms with van der Waals surface area (Å²) >= 11 is 0. The van der Waals surface area contributed by atoms with Crippen LogP contribution in [-0.4, -0.2) is 61.1 Å². The van der Waals surface area contributed by atoms with Gasteiger partial charge in [0.2, 0.25) is 5.91 Å². The largest absolute Gasteiger partial charge is 0.380 e. The summed E-state index contributed by atoms with van der Waals surface area (Å²) in [7, 11) is 3.76. The minimum atomic E-state index is 0.216. The van der Waals surface area contributed by atoms with Crippen molar-refractivity contribution >= 4 is 5.91 Å². The molecule has 1 saturated heterocycles. The van der Waals surface area contributed by atoms with Crippen LogP contribution in [0.5, 0.6) is 0 Å². The summed E-state index contributed by atoms with van der Waals surface area (Å²) in [6.45, 7) is 2.07. The van der Waals surface area contributed by atoms with E-state index in [0.29, 0.717) is 30.2 Å². The van der Waals surface area contributed by atoms with Crippen molar-refractivity contribution in [2.45, 2.75) is 56.7 Å². The topological polar surface area (TPSA) is 56.6 Å². The van der Waals surface area contributed by atoms with Crippen molar-refractivity contribution in [1.29, 1.82) is 5.26 Å². The Labute approximate surface area is 156 Å². The Kier molecular flexibility index (Phi) is 6.29. The predicted octanol–water partition coefficient (Wildman–Crippen LogP) is 2.59. The normalized spacial score (nSPS) is 26.0.